The number of nitrogens with one attached hydrogen (secondary N) is 1. The first-order valence-corrected chi connectivity index (χ1v) is 7.49. The van der Waals surface area contributed by atoms with E-state index in [2.05, 4.69) is 9.84 Å². The van der Waals surface area contributed by atoms with Crippen LogP contribution in [0.2, 0.25) is 0 Å². The monoisotopic (exact) mass is 349 g/mol. The Hall–Kier alpha value is -2.56. The molecule has 0 aliphatic carbocycles. The van der Waals surface area contributed by atoms with Gasteiger partial charge in [-0.15, -0.1) is 0 Å². The summed E-state index contributed by atoms with van der Waals surface area (Å²) in [6.45, 7) is -0.266. The van der Waals surface area contributed by atoms with Gasteiger partial charge in [0, 0.05) is 12.3 Å². The quantitative estimate of drug-likeness (QED) is 0.649. The van der Waals surface area contributed by atoms with Gasteiger partial charge in [-0.2, -0.15) is 5.10 Å². The molecule has 23 heavy (non-hydrogen) atoms. The van der Waals surface area contributed by atoms with E-state index < -0.39 is 38.3 Å². The minimum atomic E-state index is -4.53. The number of halogens is 3. The molecule has 0 radical (unpaired) electrons. The maximum absolute atomic E-state index is 13.6. The molecule has 2 aromatic rings. The number of aromatic nitrogens is 2. The number of sulfonamides is 1. The Morgan fingerprint density at radius 2 is 1.96 bits per heavy atom. The molecule has 11 heteroatoms. The van der Waals surface area contributed by atoms with Gasteiger partial charge in [0.05, 0.1) is 7.11 Å². The van der Waals surface area contributed by atoms with Crippen molar-refractivity contribution >= 4 is 21.8 Å². The van der Waals surface area contributed by atoms with Gasteiger partial charge in [-0.25, -0.2) is 21.6 Å². The van der Waals surface area contributed by atoms with Gasteiger partial charge in [-0.1, -0.05) is 0 Å². The molecular weight excluding hydrogens is 339 g/mol. The molecule has 1 aromatic carbocycles. The molecule has 0 atom stereocenters. The van der Waals surface area contributed by atoms with Crippen LogP contribution < -0.4 is 4.72 Å². The molecule has 1 heterocycles. The van der Waals surface area contributed by atoms with E-state index >= 15 is 0 Å². The number of anilines is 1. The summed E-state index contributed by atoms with van der Waals surface area (Å²) in [6.07, 6.45) is 1.27. The second-order valence-corrected chi connectivity index (χ2v) is 5.90. The number of benzene rings is 1. The molecule has 0 saturated carbocycles. The van der Waals surface area contributed by atoms with Crippen LogP contribution in [-0.4, -0.2) is 31.3 Å². The summed E-state index contributed by atoms with van der Waals surface area (Å²) in [5.41, 5.74) is 0. The lowest BCUT2D eigenvalue weighted by Gasteiger charge is -2.07. The zero-order valence-electron chi connectivity index (χ0n) is 11.6. The Morgan fingerprint density at radius 1 is 1.26 bits per heavy atom. The lowest BCUT2D eigenvalue weighted by molar-refractivity contribution is -0.141. The summed E-state index contributed by atoms with van der Waals surface area (Å²) in [6, 6.07) is 2.27. The van der Waals surface area contributed by atoms with Crippen molar-refractivity contribution in [1.29, 1.82) is 0 Å². The molecule has 0 saturated heterocycles. The Morgan fingerprint density at radius 3 is 2.61 bits per heavy atom. The van der Waals surface area contributed by atoms with E-state index in [1.54, 1.807) is 0 Å². The summed E-state index contributed by atoms with van der Waals surface area (Å²) < 4.78 is 70.9. The third kappa shape index (κ3) is 3.62. The average Bonchev–Trinajstić information content (AvgIpc) is 2.90. The van der Waals surface area contributed by atoms with Crippen molar-refractivity contribution in [3.63, 3.8) is 0 Å². The van der Waals surface area contributed by atoms with Crippen molar-refractivity contribution in [1.82, 2.24) is 9.78 Å². The Bertz CT molecular complexity index is 851. The number of hydrogen-bond acceptors (Lipinski definition) is 5. The van der Waals surface area contributed by atoms with Crippen LogP contribution in [0.3, 0.4) is 0 Å². The summed E-state index contributed by atoms with van der Waals surface area (Å²) >= 11 is 0. The number of esters is 1. The molecule has 0 fully saturated rings. The van der Waals surface area contributed by atoms with Crippen LogP contribution in [-0.2, 0) is 26.1 Å². The van der Waals surface area contributed by atoms with Crippen LogP contribution in [0.1, 0.15) is 0 Å². The number of carbonyl (C=O) groups excluding carboxylic acids is 1. The van der Waals surface area contributed by atoms with Crippen molar-refractivity contribution in [2.75, 3.05) is 11.8 Å². The highest BCUT2D eigenvalue weighted by molar-refractivity contribution is 7.92. The third-order valence-corrected chi connectivity index (χ3v) is 4.06. The second kappa shape index (κ2) is 6.28. The van der Waals surface area contributed by atoms with Crippen molar-refractivity contribution in [2.45, 2.75) is 11.4 Å². The third-order valence-electron chi connectivity index (χ3n) is 2.69. The van der Waals surface area contributed by atoms with Crippen LogP contribution >= 0.6 is 0 Å². The largest absolute Gasteiger partial charge is 0.468 e. The van der Waals surface area contributed by atoms with Gasteiger partial charge in [0.25, 0.3) is 10.0 Å². The van der Waals surface area contributed by atoms with Crippen LogP contribution in [0.4, 0.5) is 19.0 Å². The van der Waals surface area contributed by atoms with Crippen molar-refractivity contribution in [3.05, 3.63) is 41.8 Å². The number of ether oxygens (including phenoxy) is 1. The molecule has 124 valence electrons. The van der Waals surface area contributed by atoms with Gasteiger partial charge in [-0.05, 0) is 12.1 Å². The van der Waals surface area contributed by atoms with Gasteiger partial charge < -0.3 is 4.74 Å². The highest BCUT2D eigenvalue weighted by Crippen LogP contribution is 2.21. The first kappa shape index (κ1) is 16.8. The predicted octanol–water partition coefficient (Wildman–Crippen LogP) is 1.27. The smallest absolute Gasteiger partial charge is 0.327 e. The van der Waals surface area contributed by atoms with E-state index in [1.807, 2.05) is 4.72 Å². The topological polar surface area (TPSA) is 90.3 Å². The summed E-state index contributed by atoms with van der Waals surface area (Å²) in [7, 11) is -3.36. The van der Waals surface area contributed by atoms with Crippen molar-refractivity contribution in [2.24, 2.45) is 0 Å². The van der Waals surface area contributed by atoms with Gasteiger partial charge in [0.15, 0.2) is 23.3 Å². The molecule has 2 rings (SSSR count). The Labute approximate surface area is 128 Å². The highest BCUT2D eigenvalue weighted by atomic mass is 32.2. The second-order valence-electron chi connectivity index (χ2n) is 4.25. The summed E-state index contributed by atoms with van der Waals surface area (Å²) in [4.78, 5) is 9.99. The van der Waals surface area contributed by atoms with Crippen LogP contribution in [0, 0.1) is 17.5 Å². The van der Waals surface area contributed by atoms with Gasteiger partial charge in [0.1, 0.15) is 11.4 Å². The van der Waals surface area contributed by atoms with E-state index in [1.165, 1.54) is 19.4 Å². The molecule has 0 spiro atoms. The first-order chi connectivity index (χ1) is 10.7. The van der Waals surface area contributed by atoms with E-state index in [0.717, 1.165) is 4.68 Å². The lowest BCUT2D eigenvalue weighted by atomic mass is 10.3. The first-order valence-electron chi connectivity index (χ1n) is 6.01. The normalized spacial score (nSPS) is 11.3. The average molecular weight is 349 g/mol. The molecule has 0 aliphatic heterocycles. The molecule has 0 amide bonds. The van der Waals surface area contributed by atoms with Crippen LogP contribution in [0.15, 0.2) is 29.3 Å². The van der Waals surface area contributed by atoms with Gasteiger partial charge >= 0.3 is 5.97 Å². The Kier molecular flexibility index (Phi) is 4.59. The molecule has 1 N–H and O–H groups in total. The fourth-order valence-corrected chi connectivity index (χ4v) is 2.68. The summed E-state index contributed by atoms with van der Waals surface area (Å²) in [5.74, 6) is -6.11. The van der Waals surface area contributed by atoms with E-state index in [0.29, 0.717) is 12.1 Å². The highest BCUT2D eigenvalue weighted by Gasteiger charge is 2.24. The van der Waals surface area contributed by atoms with E-state index in [9.17, 15) is 26.4 Å². The fourth-order valence-electron chi connectivity index (χ4n) is 1.61. The number of rotatable bonds is 5. The zero-order chi connectivity index (χ0) is 17.2. The molecular formula is C12H10F3N3O4S. The van der Waals surface area contributed by atoms with Gasteiger partial charge in [-0.3, -0.25) is 14.2 Å². The predicted molar refractivity (Wildman–Crippen MR) is 71.4 cm³/mol. The molecule has 0 aliphatic rings. The molecule has 0 bridgehead atoms. The number of carbonyl (C=O) groups is 1. The number of hydrogen-bond donors (Lipinski definition) is 1. The zero-order valence-corrected chi connectivity index (χ0v) is 12.4. The summed E-state index contributed by atoms with van der Waals surface area (Å²) in [5, 5.41) is 3.71. The van der Waals surface area contributed by atoms with Gasteiger partial charge in [0.2, 0.25) is 0 Å². The maximum atomic E-state index is 13.6. The van der Waals surface area contributed by atoms with E-state index in [-0.39, 0.29) is 12.4 Å². The molecule has 1 aromatic heterocycles. The number of methoxy groups -OCH3 is 1. The Balaban J connectivity index is 2.26. The number of nitrogens with zero attached hydrogens (tertiary/aromatic N) is 2. The standard InChI is InChI=1S/C12H10F3N3O4S/c1-22-10(19)6-18-5-4-9(16-18)17-23(20,21)8-3-2-7(13)11(14)12(8)15/h2-5H,6H2,1H3,(H,16,17). The molecule has 7 nitrogen and oxygen atoms in total. The fraction of sp³-hybridized carbons (Fsp3) is 0.167. The molecule has 0 unspecified atom stereocenters. The lowest BCUT2D eigenvalue weighted by Crippen LogP contribution is -2.17. The van der Waals surface area contributed by atoms with Crippen LogP contribution in [0.25, 0.3) is 0 Å². The SMILES string of the molecule is COC(=O)Cn1ccc(NS(=O)(=O)c2ccc(F)c(F)c2F)n1. The van der Waals surface area contributed by atoms with E-state index in [4.69, 9.17) is 0 Å². The van der Waals surface area contributed by atoms with Crippen LogP contribution in [0.5, 0.6) is 0 Å². The minimum Gasteiger partial charge on any atom is -0.468 e. The maximum Gasteiger partial charge on any atom is 0.327 e. The van der Waals surface area contributed by atoms with Crippen molar-refractivity contribution < 1.29 is 31.1 Å². The van der Waals surface area contributed by atoms with Crippen molar-refractivity contribution in [3.8, 4) is 0 Å². The minimum absolute atomic E-state index is 0.238.